The van der Waals surface area contributed by atoms with Gasteiger partial charge in [-0.1, -0.05) is 41.3 Å². The van der Waals surface area contributed by atoms with Gasteiger partial charge in [0.15, 0.2) is 0 Å². The lowest BCUT2D eigenvalue weighted by molar-refractivity contribution is 0.105. The van der Waals surface area contributed by atoms with Crippen LogP contribution in [0.4, 0.5) is 0 Å². The van der Waals surface area contributed by atoms with E-state index in [2.05, 4.69) is 27.8 Å². The van der Waals surface area contributed by atoms with Crippen LogP contribution in [0.5, 0.6) is 0 Å². The van der Waals surface area contributed by atoms with Crippen molar-refractivity contribution in [2.45, 2.75) is 51.9 Å². The van der Waals surface area contributed by atoms with Gasteiger partial charge in [-0.05, 0) is 48.4 Å². The summed E-state index contributed by atoms with van der Waals surface area (Å²) in [7, 11) is 0. The van der Waals surface area contributed by atoms with Crippen molar-refractivity contribution >= 4 is 15.9 Å². The highest BCUT2D eigenvalue weighted by molar-refractivity contribution is 9.11. The van der Waals surface area contributed by atoms with Crippen molar-refractivity contribution in [2.24, 2.45) is 11.3 Å². The van der Waals surface area contributed by atoms with Gasteiger partial charge in [-0.15, -0.1) is 0 Å². The Bertz CT molecular complexity index is 215. The van der Waals surface area contributed by atoms with Crippen LogP contribution < -0.4 is 0 Å². The molecule has 2 saturated carbocycles. The molecule has 0 bridgehead atoms. The first-order valence-electron chi connectivity index (χ1n) is 5.55. The zero-order valence-corrected chi connectivity index (χ0v) is 10.1. The van der Waals surface area contributed by atoms with Crippen LogP contribution in [0.25, 0.3) is 0 Å². The number of allylic oxidation sites excluding steroid dienone is 1. The van der Waals surface area contributed by atoms with Crippen LogP contribution >= 0.6 is 15.9 Å². The van der Waals surface area contributed by atoms with Crippen molar-refractivity contribution in [3.63, 3.8) is 0 Å². The van der Waals surface area contributed by atoms with Gasteiger partial charge in [-0.2, -0.15) is 0 Å². The van der Waals surface area contributed by atoms with E-state index in [4.69, 9.17) is 0 Å². The molecule has 0 nitrogen and oxygen atoms in total. The Morgan fingerprint density at radius 1 is 1.31 bits per heavy atom. The summed E-state index contributed by atoms with van der Waals surface area (Å²) >= 11 is 3.54. The third-order valence-electron chi connectivity index (χ3n) is 4.13. The molecule has 1 heteroatoms. The molecule has 0 aliphatic heterocycles. The zero-order chi connectivity index (χ0) is 9.31. The first-order valence-corrected chi connectivity index (χ1v) is 6.47. The Balaban J connectivity index is 2.21. The maximum absolute atomic E-state index is 3.54. The molecular formula is C12H19Br. The number of rotatable bonds is 0. The highest BCUT2D eigenvalue weighted by atomic mass is 79.9. The van der Waals surface area contributed by atoms with Crippen LogP contribution in [0.3, 0.4) is 0 Å². The SMILES string of the molecule is C[C@]12CCCC[C@H]1/C(=C/Br)CCC2. The Morgan fingerprint density at radius 2 is 2.08 bits per heavy atom. The Kier molecular flexibility index (Phi) is 2.83. The lowest BCUT2D eigenvalue weighted by atomic mass is 9.59. The van der Waals surface area contributed by atoms with Gasteiger partial charge >= 0.3 is 0 Å². The van der Waals surface area contributed by atoms with Gasteiger partial charge in [0, 0.05) is 0 Å². The van der Waals surface area contributed by atoms with Crippen LogP contribution in [0.2, 0.25) is 0 Å². The van der Waals surface area contributed by atoms with Crippen LogP contribution in [0.1, 0.15) is 51.9 Å². The van der Waals surface area contributed by atoms with E-state index in [-0.39, 0.29) is 0 Å². The molecule has 0 unspecified atom stereocenters. The van der Waals surface area contributed by atoms with Crippen LogP contribution in [0, 0.1) is 11.3 Å². The maximum atomic E-state index is 3.54. The van der Waals surface area contributed by atoms with Gasteiger partial charge in [0.25, 0.3) is 0 Å². The van der Waals surface area contributed by atoms with Gasteiger partial charge in [0.1, 0.15) is 0 Å². The molecular weight excluding hydrogens is 224 g/mol. The topological polar surface area (TPSA) is 0 Å². The normalized spacial score (nSPS) is 43.2. The number of halogens is 1. The Hall–Kier alpha value is 0.220. The minimum absolute atomic E-state index is 0.649. The summed E-state index contributed by atoms with van der Waals surface area (Å²) < 4.78 is 0. The number of hydrogen-bond acceptors (Lipinski definition) is 0. The minimum Gasteiger partial charge on any atom is -0.0597 e. The molecule has 2 aliphatic carbocycles. The average molecular weight is 243 g/mol. The highest BCUT2D eigenvalue weighted by Gasteiger charge is 2.40. The van der Waals surface area contributed by atoms with Gasteiger partial charge in [-0.25, -0.2) is 0 Å². The van der Waals surface area contributed by atoms with Gasteiger partial charge < -0.3 is 0 Å². The molecule has 2 aliphatic rings. The molecule has 0 saturated heterocycles. The van der Waals surface area contributed by atoms with Crippen molar-refractivity contribution in [3.8, 4) is 0 Å². The molecule has 0 N–H and O–H groups in total. The minimum atomic E-state index is 0.649. The van der Waals surface area contributed by atoms with E-state index in [9.17, 15) is 0 Å². The van der Waals surface area contributed by atoms with Crippen molar-refractivity contribution in [3.05, 3.63) is 10.6 Å². The monoisotopic (exact) mass is 242 g/mol. The van der Waals surface area contributed by atoms with E-state index in [1.54, 1.807) is 5.57 Å². The summed E-state index contributed by atoms with van der Waals surface area (Å²) in [5.41, 5.74) is 2.34. The number of hydrogen-bond donors (Lipinski definition) is 0. The first kappa shape index (κ1) is 9.76. The van der Waals surface area contributed by atoms with E-state index in [0.29, 0.717) is 5.41 Å². The fourth-order valence-electron chi connectivity index (χ4n) is 3.33. The second-order valence-corrected chi connectivity index (χ2v) is 5.45. The van der Waals surface area contributed by atoms with E-state index in [0.717, 1.165) is 5.92 Å². The zero-order valence-electron chi connectivity index (χ0n) is 8.48. The molecule has 2 atom stereocenters. The summed E-state index contributed by atoms with van der Waals surface area (Å²) in [6.07, 6.45) is 10.0. The maximum Gasteiger partial charge on any atom is -0.0141 e. The molecule has 0 radical (unpaired) electrons. The average Bonchev–Trinajstić information content (AvgIpc) is 2.15. The summed E-state index contributed by atoms with van der Waals surface area (Å²) in [5.74, 6) is 0.898. The van der Waals surface area contributed by atoms with E-state index >= 15 is 0 Å². The lowest BCUT2D eigenvalue weighted by Gasteiger charge is -2.46. The molecule has 0 spiro atoms. The Labute approximate surface area is 89.9 Å². The van der Waals surface area contributed by atoms with E-state index in [1.807, 2.05) is 0 Å². The summed E-state index contributed by atoms with van der Waals surface area (Å²) in [5, 5.41) is 0. The second-order valence-electron chi connectivity index (χ2n) is 4.99. The van der Waals surface area contributed by atoms with Crippen molar-refractivity contribution < 1.29 is 0 Å². The molecule has 2 fully saturated rings. The Morgan fingerprint density at radius 3 is 2.85 bits per heavy atom. The summed E-state index contributed by atoms with van der Waals surface area (Å²) in [6, 6.07) is 0. The molecule has 0 heterocycles. The molecule has 0 amide bonds. The molecule has 0 aromatic heterocycles. The summed E-state index contributed by atoms with van der Waals surface area (Å²) in [6.45, 7) is 2.51. The molecule has 2 rings (SSSR count). The van der Waals surface area contributed by atoms with E-state index < -0.39 is 0 Å². The molecule has 74 valence electrons. The van der Waals surface area contributed by atoms with Gasteiger partial charge in [-0.3, -0.25) is 0 Å². The standard InChI is InChI=1S/C12H19Br/c1-12-7-3-2-6-11(12)10(9-13)5-4-8-12/h9,11H,2-8H2,1H3/b10-9+/t11-,12+/m0/s1. The lowest BCUT2D eigenvalue weighted by Crippen LogP contribution is -2.35. The fraction of sp³-hybridized carbons (Fsp3) is 0.833. The molecule has 0 aromatic rings. The largest absolute Gasteiger partial charge is 0.0597 e. The molecule has 13 heavy (non-hydrogen) atoms. The van der Waals surface area contributed by atoms with Gasteiger partial charge in [0.05, 0.1) is 0 Å². The van der Waals surface area contributed by atoms with Crippen molar-refractivity contribution in [1.29, 1.82) is 0 Å². The predicted octanol–water partition coefficient (Wildman–Crippen LogP) is 4.65. The van der Waals surface area contributed by atoms with Crippen molar-refractivity contribution in [2.75, 3.05) is 0 Å². The number of fused-ring (bicyclic) bond motifs is 1. The quantitative estimate of drug-likeness (QED) is 0.581. The van der Waals surface area contributed by atoms with Crippen LogP contribution in [-0.4, -0.2) is 0 Å². The first-order chi connectivity index (χ1) is 6.26. The van der Waals surface area contributed by atoms with E-state index in [1.165, 1.54) is 44.9 Å². The third-order valence-corrected chi connectivity index (χ3v) is 4.72. The van der Waals surface area contributed by atoms with Crippen LogP contribution in [-0.2, 0) is 0 Å². The third kappa shape index (κ3) is 1.72. The predicted molar refractivity (Wildman–Crippen MR) is 60.9 cm³/mol. The second kappa shape index (κ2) is 3.76. The van der Waals surface area contributed by atoms with Gasteiger partial charge in [0.2, 0.25) is 0 Å². The smallest absolute Gasteiger partial charge is 0.0141 e. The molecule has 0 aromatic carbocycles. The van der Waals surface area contributed by atoms with Crippen molar-refractivity contribution in [1.82, 2.24) is 0 Å². The van der Waals surface area contributed by atoms with Crippen LogP contribution in [0.15, 0.2) is 10.6 Å². The fourth-order valence-corrected chi connectivity index (χ4v) is 3.88. The summed E-state index contributed by atoms with van der Waals surface area (Å²) in [4.78, 5) is 2.21. The highest BCUT2D eigenvalue weighted by Crippen LogP contribution is 2.52.